The van der Waals surface area contributed by atoms with Crippen LogP contribution >= 0.6 is 0 Å². The molecule has 1 atom stereocenters. The Labute approximate surface area is 79.8 Å². The van der Waals surface area contributed by atoms with E-state index < -0.39 is 12.0 Å². The normalized spacial score (nSPS) is 11.8. The van der Waals surface area contributed by atoms with Gasteiger partial charge < -0.3 is 20.8 Å². The van der Waals surface area contributed by atoms with Gasteiger partial charge in [-0.1, -0.05) is 18.2 Å². The number of hydrogen-bond donors (Lipinski definition) is 2. The molecule has 6 heteroatoms. The number of nitrogens with two attached hydrogens (primary N) is 1. The van der Waals surface area contributed by atoms with Gasteiger partial charge in [0, 0.05) is 17.1 Å². The van der Waals surface area contributed by atoms with Gasteiger partial charge in [-0.05, 0) is 6.42 Å². The van der Waals surface area contributed by atoms with E-state index in [1.807, 2.05) is 0 Å². The standard InChI is InChI=1S/C6H9N3O2.Fe/c7-5(6(10)11)1-4-2-8-3-9-4;/h2-3,5H,1,7H2,(H2,8,9,10,11);/p-1/t5-;/m0./s1. The first-order chi connectivity index (χ1) is 5.20. The van der Waals surface area contributed by atoms with Gasteiger partial charge in [-0.15, -0.1) is 0 Å². The quantitative estimate of drug-likeness (QED) is 0.623. The summed E-state index contributed by atoms with van der Waals surface area (Å²) in [5, 5.41) is 8.41. The maximum Gasteiger partial charge on any atom is 0.320 e. The van der Waals surface area contributed by atoms with Gasteiger partial charge in [0.1, 0.15) is 6.04 Å². The molecule has 0 aliphatic heterocycles. The van der Waals surface area contributed by atoms with E-state index in [0.29, 0.717) is 5.69 Å². The number of imidazole rings is 1. The van der Waals surface area contributed by atoms with Crippen LogP contribution in [0, 0.1) is 0 Å². The van der Waals surface area contributed by atoms with Crippen molar-refractivity contribution in [2.24, 2.45) is 5.73 Å². The molecule has 0 fully saturated rings. The summed E-state index contributed by atoms with van der Waals surface area (Å²) in [5.41, 5.74) is 5.85. The molecule has 0 radical (unpaired) electrons. The van der Waals surface area contributed by atoms with Gasteiger partial charge in [0.15, 0.2) is 0 Å². The van der Waals surface area contributed by atoms with Crippen molar-refractivity contribution in [2.45, 2.75) is 12.5 Å². The molecule has 1 heterocycles. The first-order valence-corrected chi connectivity index (χ1v) is 3.10. The van der Waals surface area contributed by atoms with E-state index in [1.54, 1.807) is 0 Å². The fourth-order valence-corrected chi connectivity index (χ4v) is 0.678. The number of aliphatic carboxylic acids is 1. The summed E-state index contributed by atoms with van der Waals surface area (Å²) in [4.78, 5) is 17.7. The molecule has 0 aromatic carbocycles. The third kappa shape index (κ3) is 3.04. The number of hydrogen-bond acceptors (Lipinski definition) is 3. The van der Waals surface area contributed by atoms with Gasteiger partial charge in [-0.2, -0.15) is 0 Å². The molecule has 0 spiro atoms. The monoisotopic (exact) mass is 210 g/mol. The minimum atomic E-state index is -1.02. The zero-order valence-corrected chi connectivity index (χ0v) is 7.22. The van der Waals surface area contributed by atoms with Crippen molar-refractivity contribution in [1.29, 1.82) is 0 Å². The number of carboxylic acids is 1. The van der Waals surface area contributed by atoms with Crippen LogP contribution in [-0.2, 0) is 28.3 Å². The minimum Gasteiger partial charge on any atom is -0.480 e. The Hall–Kier alpha value is -0.841. The van der Waals surface area contributed by atoms with Gasteiger partial charge in [-0.3, -0.25) is 4.79 Å². The second kappa shape index (κ2) is 4.92. The molecule has 1 rings (SSSR count). The average molecular weight is 210 g/mol. The summed E-state index contributed by atoms with van der Waals surface area (Å²) < 4.78 is 0. The molecular weight excluding hydrogens is 202 g/mol. The Kier molecular flexibility index (Phi) is 4.58. The number of carboxylic acid groups (broad SMARTS) is 1. The topological polar surface area (TPSA) is 90.3 Å². The molecule has 0 amide bonds. The first-order valence-electron chi connectivity index (χ1n) is 3.10. The molecule has 1 aromatic heterocycles. The van der Waals surface area contributed by atoms with Gasteiger partial charge >= 0.3 is 5.97 Å². The van der Waals surface area contributed by atoms with E-state index >= 15 is 0 Å². The predicted octanol–water partition coefficient (Wildman–Crippen LogP) is -1.01. The van der Waals surface area contributed by atoms with Crippen molar-refractivity contribution in [3.63, 3.8) is 0 Å². The average Bonchev–Trinajstić information content (AvgIpc) is 2.39. The Morgan fingerprint density at radius 1 is 1.83 bits per heavy atom. The fraction of sp³-hybridized carbons (Fsp3) is 0.333. The van der Waals surface area contributed by atoms with E-state index in [2.05, 4.69) is 9.97 Å². The molecule has 3 N–H and O–H groups in total. The third-order valence-electron chi connectivity index (χ3n) is 1.26. The minimum absolute atomic E-state index is 0. The summed E-state index contributed by atoms with van der Waals surface area (Å²) in [5.74, 6) is -1.02. The van der Waals surface area contributed by atoms with E-state index in [-0.39, 0.29) is 23.5 Å². The van der Waals surface area contributed by atoms with Crippen LogP contribution < -0.4 is 10.7 Å². The third-order valence-corrected chi connectivity index (χ3v) is 1.26. The van der Waals surface area contributed by atoms with Crippen LogP contribution in [0.2, 0.25) is 0 Å². The van der Waals surface area contributed by atoms with Gasteiger partial charge in [0.05, 0.1) is 0 Å². The van der Waals surface area contributed by atoms with E-state index in [4.69, 9.17) is 10.8 Å². The van der Waals surface area contributed by atoms with Gasteiger partial charge in [-0.25, -0.2) is 0 Å². The van der Waals surface area contributed by atoms with Crippen molar-refractivity contribution in [2.75, 3.05) is 0 Å². The number of aromatic nitrogens is 2. The van der Waals surface area contributed by atoms with E-state index in [1.165, 1.54) is 12.5 Å². The Morgan fingerprint density at radius 3 is 2.92 bits per heavy atom. The molecule has 0 saturated heterocycles. The van der Waals surface area contributed by atoms with Crippen molar-refractivity contribution >= 4 is 5.97 Å². The SMILES string of the molecule is N[C@@H](Cc1c[n-]cn1)C(=O)O.[Fe]. The predicted molar refractivity (Wildman–Crippen MR) is 36.9 cm³/mol. The van der Waals surface area contributed by atoms with Crippen LogP contribution in [0.25, 0.3) is 0 Å². The summed E-state index contributed by atoms with van der Waals surface area (Å²) >= 11 is 0. The van der Waals surface area contributed by atoms with Crippen molar-refractivity contribution in [1.82, 2.24) is 9.97 Å². The second-order valence-corrected chi connectivity index (χ2v) is 2.16. The Morgan fingerprint density at radius 2 is 2.50 bits per heavy atom. The number of nitrogens with zero attached hydrogens (tertiary/aromatic N) is 2. The molecule has 0 aliphatic carbocycles. The van der Waals surface area contributed by atoms with E-state index in [9.17, 15) is 4.79 Å². The van der Waals surface area contributed by atoms with Crippen LogP contribution in [0.15, 0.2) is 12.5 Å². The largest absolute Gasteiger partial charge is 0.480 e. The zero-order valence-electron chi connectivity index (χ0n) is 6.12. The van der Waals surface area contributed by atoms with E-state index in [0.717, 1.165) is 0 Å². The number of rotatable bonds is 3. The maximum atomic E-state index is 10.3. The molecule has 0 unspecified atom stereocenters. The summed E-state index contributed by atoms with van der Waals surface area (Å²) in [6, 6.07) is -0.883. The summed E-state index contributed by atoms with van der Waals surface area (Å²) in [6.45, 7) is 0. The first kappa shape index (κ1) is 11.2. The molecule has 0 aliphatic rings. The molecule has 68 valence electrons. The Bertz CT molecular complexity index is 237. The summed E-state index contributed by atoms with van der Waals surface area (Å²) in [6.07, 6.45) is 3.10. The molecule has 12 heavy (non-hydrogen) atoms. The summed E-state index contributed by atoms with van der Waals surface area (Å²) in [7, 11) is 0. The van der Waals surface area contributed by atoms with Crippen LogP contribution in [0.4, 0.5) is 0 Å². The van der Waals surface area contributed by atoms with Crippen molar-refractivity contribution < 1.29 is 27.0 Å². The van der Waals surface area contributed by atoms with Crippen LogP contribution in [0.5, 0.6) is 0 Å². The van der Waals surface area contributed by atoms with Crippen LogP contribution in [0.1, 0.15) is 5.69 Å². The van der Waals surface area contributed by atoms with Crippen molar-refractivity contribution in [3.8, 4) is 0 Å². The molecular formula is C6H8FeN3O2-. The molecule has 1 aromatic rings. The van der Waals surface area contributed by atoms with Gasteiger partial charge in [0.2, 0.25) is 0 Å². The number of carbonyl (C=O) groups is 1. The maximum absolute atomic E-state index is 10.3. The smallest absolute Gasteiger partial charge is 0.320 e. The van der Waals surface area contributed by atoms with Gasteiger partial charge in [0.25, 0.3) is 0 Å². The van der Waals surface area contributed by atoms with Crippen molar-refractivity contribution in [3.05, 3.63) is 18.2 Å². The van der Waals surface area contributed by atoms with Crippen LogP contribution in [0.3, 0.4) is 0 Å². The Balaban J connectivity index is 0.00000121. The molecule has 0 bridgehead atoms. The zero-order chi connectivity index (χ0) is 8.27. The molecule has 0 saturated carbocycles. The second-order valence-electron chi connectivity index (χ2n) is 2.16. The molecule has 5 nitrogen and oxygen atoms in total. The fourth-order valence-electron chi connectivity index (χ4n) is 0.678. The van der Waals surface area contributed by atoms with Crippen LogP contribution in [-0.4, -0.2) is 22.1 Å².